The van der Waals surface area contributed by atoms with Crippen molar-refractivity contribution in [3.8, 4) is 0 Å². The van der Waals surface area contributed by atoms with Crippen LogP contribution in [0.1, 0.15) is 12.8 Å². The van der Waals surface area contributed by atoms with Gasteiger partial charge in [-0.25, -0.2) is 0 Å². The van der Waals surface area contributed by atoms with E-state index in [0.29, 0.717) is 0 Å². The van der Waals surface area contributed by atoms with Crippen molar-refractivity contribution in [2.24, 2.45) is 0 Å². The normalized spacial score (nSPS) is 35.4. The maximum absolute atomic E-state index is 2.69. The van der Waals surface area contributed by atoms with Crippen molar-refractivity contribution < 1.29 is 0 Å². The van der Waals surface area contributed by atoms with Crippen molar-refractivity contribution in [2.75, 3.05) is 39.9 Å². The summed E-state index contributed by atoms with van der Waals surface area (Å²) < 4.78 is 2.22. The second-order valence-electron chi connectivity index (χ2n) is 5.47. The van der Waals surface area contributed by atoms with E-state index in [1.54, 1.807) is 0 Å². The summed E-state index contributed by atoms with van der Waals surface area (Å²) in [6.45, 7) is 6.09. The molecule has 0 aromatic heterocycles. The average molecular weight is 348 g/mol. The highest BCUT2D eigenvalue weighted by molar-refractivity contribution is 14.1. The van der Waals surface area contributed by atoms with E-state index in [1.807, 2.05) is 0 Å². The van der Waals surface area contributed by atoms with Crippen LogP contribution in [0.2, 0.25) is 0 Å². The minimum absolute atomic E-state index is 0.788. The summed E-state index contributed by atoms with van der Waals surface area (Å²) in [5.41, 5.74) is 0. The van der Waals surface area contributed by atoms with E-state index in [0.717, 1.165) is 18.8 Å². The van der Waals surface area contributed by atoms with Gasteiger partial charge < -0.3 is 12.9 Å². The lowest BCUT2D eigenvalue weighted by molar-refractivity contribution is 0.0232. The second kappa shape index (κ2) is 4.93. The van der Waals surface area contributed by atoms with Gasteiger partial charge in [-0.15, -0.1) is 0 Å². The molecule has 0 spiro atoms. The summed E-state index contributed by atoms with van der Waals surface area (Å²) in [5, 5.41) is 0. The van der Waals surface area contributed by atoms with Gasteiger partial charge in [0.15, 0.2) is 0 Å². The molecule has 3 aliphatic rings. The van der Waals surface area contributed by atoms with Crippen molar-refractivity contribution in [3.05, 3.63) is 12.4 Å². The van der Waals surface area contributed by atoms with E-state index < -0.39 is 0 Å². The van der Waals surface area contributed by atoms with Crippen LogP contribution >= 0.6 is 22.9 Å². The van der Waals surface area contributed by atoms with Gasteiger partial charge in [-0.2, -0.15) is 0 Å². The Morgan fingerprint density at radius 1 is 1.00 bits per heavy atom. The van der Waals surface area contributed by atoms with Gasteiger partial charge >= 0.3 is 0 Å². The number of hydrogen-bond donors (Lipinski definition) is 0. The van der Waals surface area contributed by atoms with E-state index in [9.17, 15) is 0 Å². The van der Waals surface area contributed by atoms with Crippen LogP contribution in [0.4, 0.5) is 0 Å². The van der Waals surface area contributed by atoms with E-state index >= 15 is 0 Å². The molecule has 0 radical (unpaired) electrons. The van der Waals surface area contributed by atoms with Crippen LogP contribution < -0.4 is 0 Å². The average Bonchev–Trinajstić information content (AvgIpc) is 2.66. The molecule has 0 aromatic carbocycles. The first-order valence-corrected chi connectivity index (χ1v) is 7.48. The Hall–Kier alpha value is -0.0100. The van der Waals surface area contributed by atoms with Crippen LogP contribution in [0.15, 0.2) is 12.4 Å². The molecule has 17 heavy (non-hydrogen) atoms. The van der Waals surface area contributed by atoms with Crippen LogP contribution in [-0.4, -0.2) is 69.8 Å². The monoisotopic (exact) mass is 348 g/mol. The van der Waals surface area contributed by atoms with Gasteiger partial charge in [-0.1, -0.05) is 0 Å². The molecule has 0 N–H and O–H groups in total. The molecule has 0 amide bonds. The van der Waals surface area contributed by atoms with Gasteiger partial charge in [0.1, 0.15) is 0 Å². The lowest BCUT2D eigenvalue weighted by Gasteiger charge is -2.48. The van der Waals surface area contributed by atoms with Crippen LogP contribution in [0.5, 0.6) is 0 Å². The first-order chi connectivity index (χ1) is 8.22. The third-order valence-corrected chi connectivity index (χ3v) is 4.96. The summed E-state index contributed by atoms with van der Waals surface area (Å²) in [4.78, 5) is 7.61. The third-order valence-electron chi connectivity index (χ3n) is 4.33. The Kier molecular flexibility index (Phi) is 3.49. The maximum Gasteiger partial charge on any atom is 0.0990 e. The number of hydrogen-bond acceptors (Lipinski definition) is 4. The fourth-order valence-corrected chi connectivity index (χ4v) is 3.46. The van der Waals surface area contributed by atoms with Gasteiger partial charge in [0.05, 0.1) is 29.5 Å². The smallest absolute Gasteiger partial charge is 0.0990 e. The van der Waals surface area contributed by atoms with E-state index in [2.05, 4.69) is 60.1 Å². The molecule has 0 unspecified atom stereocenters. The fraction of sp³-hybridized carbons (Fsp3) is 0.833. The van der Waals surface area contributed by atoms with Gasteiger partial charge in [0.25, 0.3) is 0 Å². The molecular weight excluding hydrogens is 327 g/mol. The molecule has 4 nitrogen and oxygen atoms in total. The lowest BCUT2D eigenvalue weighted by Crippen LogP contribution is -2.57. The number of halogens is 1. The van der Waals surface area contributed by atoms with Crippen LogP contribution in [0.3, 0.4) is 0 Å². The van der Waals surface area contributed by atoms with Gasteiger partial charge in [-0.3, -0.25) is 4.90 Å². The molecule has 2 fully saturated rings. The minimum Gasteiger partial charge on any atom is -0.355 e. The highest BCUT2D eigenvalue weighted by atomic mass is 127. The standard InChI is InChI=1S/C12H21IN4/c1-14-2-4-15(5-3-14)11-8-12(9-11)16-6-7-17(13)10-16/h6-7,11-12H,2-5,8-10H2,1H3. The molecular formula is C12H21IN4. The summed E-state index contributed by atoms with van der Waals surface area (Å²) in [7, 11) is 2.23. The molecule has 0 atom stereocenters. The Labute approximate surface area is 118 Å². The third kappa shape index (κ3) is 2.56. The van der Waals surface area contributed by atoms with Crippen LogP contribution in [0.25, 0.3) is 0 Å². The van der Waals surface area contributed by atoms with Gasteiger partial charge in [-0.05, 0) is 19.9 Å². The zero-order valence-corrected chi connectivity index (χ0v) is 12.6. The van der Waals surface area contributed by atoms with Crippen LogP contribution in [-0.2, 0) is 0 Å². The predicted octanol–water partition coefficient (Wildman–Crippen LogP) is 1.16. The van der Waals surface area contributed by atoms with Crippen molar-refractivity contribution in [3.63, 3.8) is 0 Å². The summed E-state index contributed by atoms with van der Waals surface area (Å²) in [6.07, 6.45) is 7.14. The Bertz CT molecular complexity index is 295. The largest absolute Gasteiger partial charge is 0.355 e. The number of likely N-dealkylation sites (N-methyl/N-ethyl adjacent to an activating group) is 1. The molecule has 1 saturated carbocycles. The first-order valence-electron chi connectivity index (χ1n) is 6.51. The van der Waals surface area contributed by atoms with E-state index in [4.69, 9.17) is 0 Å². The Morgan fingerprint density at radius 2 is 1.71 bits per heavy atom. The highest BCUT2D eigenvalue weighted by Gasteiger charge is 2.37. The van der Waals surface area contributed by atoms with Crippen molar-refractivity contribution in [1.29, 1.82) is 0 Å². The zero-order valence-electron chi connectivity index (χ0n) is 10.4. The molecule has 2 heterocycles. The molecule has 5 heteroatoms. The number of rotatable bonds is 2. The molecule has 1 saturated heterocycles. The summed E-state index contributed by atoms with van der Waals surface area (Å²) in [6, 6.07) is 1.64. The molecule has 96 valence electrons. The number of piperazine rings is 1. The van der Waals surface area contributed by atoms with Crippen LogP contribution in [0, 0.1) is 0 Å². The predicted molar refractivity (Wildman–Crippen MR) is 77.6 cm³/mol. The zero-order chi connectivity index (χ0) is 11.8. The SMILES string of the molecule is CN1CCN(C2CC(N3C=CN(I)C3)C2)CC1. The first kappa shape index (κ1) is 12.0. The number of nitrogens with zero attached hydrogens (tertiary/aromatic N) is 4. The molecule has 2 aliphatic heterocycles. The van der Waals surface area contributed by atoms with Crippen molar-refractivity contribution >= 4 is 22.9 Å². The van der Waals surface area contributed by atoms with Crippen molar-refractivity contribution in [2.45, 2.75) is 24.9 Å². The minimum atomic E-state index is 0.788. The molecule has 1 aliphatic carbocycles. The fourth-order valence-electron chi connectivity index (χ4n) is 2.96. The van der Waals surface area contributed by atoms with E-state index in [-0.39, 0.29) is 0 Å². The van der Waals surface area contributed by atoms with Gasteiger partial charge in [0, 0.05) is 50.7 Å². The summed E-state index contributed by atoms with van der Waals surface area (Å²) >= 11 is 2.36. The topological polar surface area (TPSA) is 13.0 Å². The highest BCUT2D eigenvalue weighted by Crippen LogP contribution is 2.32. The Morgan fingerprint density at radius 3 is 2.29 bits per heavy atom. The van der Waals surface area contributed by atoms with Crippen molar-refractivity contribution in [1.82, 2.24) is 17.8 Å². The Balaban J connectivity index is 1.44. The molecule has 0 bridgehead atoms. The van der Waals surface area contributed by atoms with Gasteiger partial charge in [0.2, 0.25) is 0 Å². The molecule has 0 aromatic rings. The second-order valence-corrected chi connectivity index (χ2v) is 6.71. The summed E-state index contributed by atoms with van der Waals surface area (Å²) in [5.74, 6) is 0. The van der Waals surface area contributed by atoms with E-state index in [1.165, 1.54) is 39.0 Å². The maximum atomic E-state index is 2.69. The lowest BCUT2D eigenvalue weighted by atomic mass is 9.84. The molecule has 3 rings (SSSR count). The quantitative estimate of drug-likeness (QED) is 0.549.